The molecule has 0 bridgehead atoms. The van der Waals surface area contributed by atoms with E-state index in [-0.39, 0.29) is 5.75 Å². The molecule has 0 aliphatic rings. The van der Waals surface area contributed by atoms with Crippen LogP contribution in [-0.2, 0) is 16.6 Å². The maximum absolute atomic E-state index is 11.3. The highest BCUT2D eigenvalue weighted by Crippen LogP contribution is 2.15. The number of benzene rings is 1. The average Bonchev–Trinajstić information content (AvgIpc) is 2.71. The second-order valence-corrected chi connectivity index (χ2v) is 6.55. The number of hydrogen-bond donors (Lipinski definition) is 1. The van der Waals surface area contributed by atoms with E-state index in [9.17, 15) is 8.42 Å². The minimum atomic E-state index is -3.09. The molecule has 1 aromatic heterocycles. The molecule has 0 aliphatic carbocycles. The van der Waals surface area contributed by atoms with Gasteiger partial charge in [-0.3, -0.25) is 0 Å². The monoisotopic (exact) mass is 281 g/mol. The van der Waals surface area contributed by atoms with Gasteiger partial charge in [0.15, 0.2) is 0 Å². The Morgan fingerprint density at radius 1 is 1.32 bits per heavy atom. The fraction of sp³-hybridized carbons (Fsp3) is 0.462. The van der Waals surface area contributed by atoms with Crippen LogP contribution in [0.25, 0.3) is 11.0 Å². The van der Waals surface area contributed by atoms with Crippen molar-refractivity contribution in [3.8, 4) is 0 Å². The number of hydrogen-bond acceptors (Lipinski definition) is 3. The molecule has 1 aromatic carbocycles. The van der Waals surface area contributed by atoms with Crippen LogP contribution in [0, 0.1) is 6.92 Å². The molecule has 1 N–H and O–H groups in total. The van der Waals surface area contributed by atoms with E-state index in [0.29, 0.717) is 6.54 Å². The molecule has 2 rings (SSSR count). The summed E-state index contributed by atoms with van der Waals surface area (Å²) in [5.74, 6) is 1.08. The van der Waals surface area contributed by atoms with Gasteiger partial charge in [0.05, 0.1) is 16.8 Å². The van der Waals surface area contributed by atoms with Crippen LogP contribution in [-0.4, -0.2) is 30.3 Å². The van der Waals surface area contributed by atoms with Crippen LogP contribution < -0.4 is 4.72 Å². The highest BCUT2D eigenvalue weighted by Gasteiger charge is 2.08. The first-order chi connectivity index (χ1) is 9.03. The number of nitrogens with zero attached hydrogens (tertiary/aromatic N) is 2. The summed E-state index contributed by atoms with van der Waals surface area (Å²) in [6.45, 7) is 4.83. The number of sulfonamides is 1. The van der Waals surface area contributed by atoms with Gasteiger partial charge in [0.25, 0.3) is 0 Å². The van der Waals surface area contributed by atoms with Crippen LogP contribution in [0.15, 0.2) is 24.3 Å². The maximum atomic E-state index is 11.3. The lowest BCUT2D eigenvalue weighted by atomic mass is 10.3. The van der Waals surface area contributed by atoms with Crippen LogP contribution >= 0.6 is 0 Å². The molecular weight excluding hydrogens is 262 g/mol. The van der Waals surface area contributed by atoms with Gasteiger partial charge in [-0.1, -0.05) is 12.1 Å². The number of nitrogens with one attached hydrogen (secondary N) is 1. The van der Waals surface area contributed by atoms with Gasteiger partial charge in [-0.25, -0.2) is 18.1 Å². The molecule has 0 fully saturated rings. The molecule has 104 valence electrons. The molecule has 0 saturated carbocycles. The molecular formula is C13H19N3O2S. The zero-order chi connectivity index (χ0) is 13.9. The van der Waals surface area contributed by atoms with Gasteiger partial charge in [-0.2, -0.15) is 0 Å². The Hall–Kier alpha value is -1.40. The average molecular weight is 281 g/mol. The summed E-state index contributed by atoms with van der Waals surface area (Å²) in [7, 11) is -3.09. The lowest BCUT2D eigenvalue weighted by Crippen LogP contribution is -2.26. The van der Waals surface area contributed by atoms with Gasteiger partial charge in [0.2, 0.25) is 10.0 Å². The Labute approximate surface area is 113 Å². The molecule has 1 heterocycles. The van der Waals surface area contributed by atoms with Gasteiger partial charge in [0, 0.05) is 13.1 Å². The summed E-state index contributed by atoms with van der Waals surface area (Å²) in [6, 6.07) is 7.97. The van der Waals surface area contributed by atoms with E-state index in [1.54, 1.807) is 6.92 Å². The van der Waals surface area contributed by atoms with E-state index in [2.05, 4.69) is 14.3 Å². The highest BCUT2D eigenvalue weighted by atomic mass is 32.2. The summed E-state index contributed by atoms with van der Waals surface area (Å²) in [5.41, 5.74) is 2.08. The SMILES string of the molecule is CCS(=O)(=O)NCCCn1c(C)nc2ccccc21. The zero-order valence-corrected chi connectivity index (χ0v) is 12.1. The fourth-order valence-electron chi connectivity index (χ4n) is 2.05. The van der Waals surface area contributed by atoms with Crippen LogP contribution in [0.2, 0.25) is 0 Å². The van der Waals surface area contributed by atoms with Crippen molar-refractivity contribution in [3.05, 3.63) is 30.1 Å². The van der Waals surface area contributed by atoms with Crippen molar-refractivity contribution in [3.63, 3.8) is 0 Å². The molecule has 19 heavy (non-hydrogen) atoms. The second-order valence-electron chi connectivity index (χ2n) is 4.45. The summed E-state index contributed by atoms with van der Waals surface area (Å²) in [5, 5.41) is 0. The van der Waals surface area contributed by atoms with Gasteiger partial charge in [-0.15, -0.1) is 0 Å². The molecule has 0 saturated heterocycles. The second kappa shape index (κ2) is 5.71. The first-order valence-corrected chi connectivity index (χ1v) is 8.08. The van der Waals surface area contributed by atoms with E-state index in [1.165, 1.54) is 0 Å². The zero-order valence-electron chi connectivity index (χ0n) is 11.3. The maximum Gasteiger partial charge on any atom is 0.211 e. The lowest BCUT2D eigenvalue weighted by molar-refractivity contribution is 0.571. The van der Waals surface area contributed by atoms with Gasteiger partial charge in [-0.05, 0) is 32.4 Å². The Bertz CT molecular complexity index is 662. The number of rotatable bonds is 6. The third kappa shape index (κ3) is 3.33. The Morgan fingerprint density at radius 2 is 2.05 bits per heavy atom. The van der Waals surface area contributed by atoms with E-state index in [4.69, 9.17) is 0 Å². The molecule has 0 unspecified atom stereocenters. The van der Waals surface area contributed by atoms with Crippen molar-refractivity contribution in [2.45, 2.75) is 26.8 Å². The Kier molecular flexibility index (Phi) is 4.21. The predicted octanol–water partition coefficient (Wildman–Crippen LogP) is 1.67. The topological polar surface area (TPSA) is 64.0 Å². The number of para-hydroxylation sites is 2. The summed E-state index contributed by atoms with van der Waals surface area (Å²) < 4.78 is 27.3. The van der Waals surface area contributed by atoms with Crippen molar-refractivity contribution in [2.24, 2.45) is 0 Å². The van der Waals surface area contributed by atoms with E-state index < -0.39 is 10.0 Å². The molecule has 0 amide bonds. The van der Waals surface area contributed by atoms with Crippen LogP contribution in [0.1, 0.15) is 19.2 Å². The molecule has 0 spiro atoms. The van der Waals surface area contributed by atoms with Crippen LogP contribution in [0.4, 0.5) is 0 Å². The number of imidazole rings is 1. The normalized spacial score (nSPS) is 12.1. The van der Waals surface area contributed by atoms with Crippen LogP contribution in [0.5, 0.6) is 0 Å². The lowest BCUT2D eigenvalue weighted by Gasteiger charge is -2.07. The van der Waals surface area contributed by atoms with Crippen molar-refractivity contribution in [1.29, 1.82) is 0 Å². The summed E-state index contributed by atoms with van der Waals surface area (Å²) in [6.07, 6.45) is 0.750. The largest absolute Gasteiger partial charge is 0.328 e. The standard InChI is InChI=1S/C13H19N3O2S/c1-3-19(17,18)14-9-6-10-16-11(2)15-12-7-4-5-8-13(12)16/h4-5,7-8,14H,3,6,9-10H2,1-2H3. The molecule has 0 atom stereocenters. The quantitative estimate of drug-likeness (QED) is 0.819. The number of aryl methyl sites for hydroxylation is 2. The third-order valence-corrected chi connectivity index (χ3v) is 4.51. The Morgan fingerprint density at radius 3 is 2.79 bits per heavy atom. The van der Waals surface area contributed by atoms with Gasteiger partial charge < -0.3 is 4.57 Å². The van der Waals surface area contributed by atoms with Crippen molar-refractivity contribution in [2.75, 3.05) is 12.3 Å². The minimum absolute atomic E-state index is 0.125. The Balaban J connectivity index is 2.01. The first kappa shape index (κ1) is 14.0. The predicted molar refractivity (Wildman–Crippen MR) is 76.6 cm³/mol. The molecule has 0 aliphatic heterocycles. The molecule has 2 aromatic rings. The smallest absolute Gasteiger partial charge is 0.211 e. The van der Waals surface area contributed by atoms with Crippen molar-refractivity contribution < 1.29 is 8.42 Å². The summed E-state index contributed by atoms with van der Waals surface area (Å²) >= 11 is 0. The van der Waals surface area contributed by atoms with Crippen LogP contribution in [0.3, 0.4) is 0 Å². The number of fused-ring (bicyclic) bond motifs is 1. The van der Waals surface area contributed by atoms with Crippen molar-refractivity contribution in [1.82, 2.24) is 14.3 Å². The van der Waals surface area contributed by atoms with Gasteiger partial charge >= 0.3 is 0 Å². The minimum Gasteiger partial charge on any atom is -0.328 e. The van der Waals surface area contributed by atoms with Gasteiger partial charge in [0.1, 0.15) is 5.82 Å². The highest BCUT2D eigenvalue weighted by molar-refractivity contribution is 7.89. The summed E-state index contributed by atoms with van der Waals surface area (Å²) in [4.78, 5) is 4.48. The fourth-order valence-corrected chi connectivity index (χ4v) is 2.70. The van der Waals surface area contributed by atoms with Crippen molar-refractivity contribution >= 4 is 21.1 Å². The van der Waals surface area contributed by atoms with E-state index in [0.717, 1.165) is 29.8 Å². The van der Waals surface area contributed by atoms with E-state index in [1.807, 2.05) is 31.2 Å². The van der Waals surface area contributed by atoms with E-state index >= 15 is 0 Å². The molecule has 6 heteroatoms. The molecule has 0 radical (unpaired) electrons. The molecule has 5 nitrogen and oxygen atoms in total. The first-order valence-electron chi connectivity index (χ1n) is 6.42. The third-order valence-electron chi connectivity index (χ3n) is 3.11. The number of aromatic nitrogens is 2.